The number of benzene rings is 1. The maximum absolute atomic E-state index is 12.1. The van der Waals surface area contributed by atoms with Gasteiger partial charge in [-0.2, -0.15) is 0 Å². The van der Waals surface area contributed by atoms with Crippen LogP contribution in [0.2, 0.25) is 0 Å². The zero-order chi connectivity index (χ0) is 19.2. The van der Waals surface area contributed by atoms with Crippen molar-refractivity contribution in [3.8, 4) is 0 Å². The van der Waals surface area contributed by atoms with Crippen LogP contribution in [0.5, 0.6) is 0 Å². The van der Waals surface area contributed by atoms with Crippen LogP contribution in [0.1, 0.15) is 28.8 Å². The zero-order valence-corrected chi connectivity index (χ0v) is 17.4. The Morgan fingerprint density at radius 3 is 2.74 bits per heavy atom. The van der Waals surface area contributed by atoms with E-state index in [1.54, 1.807) is 14.0 Å². The van der Waals surface area contributed by atoms with Crippen LogP contribution in [0.3, 0.4) is 0 Å². The summed E-state index contributed by atoms with van der Waals surface area (Å²) in [5.74, 6) is 1.02. The minimum absolute atomic E-state index is 0.132. The molecule has 0 bridgehead atoms. The first kappa shape index (κ1) is 20.1. The van der Waals surface area contributed by atoms with Gasteiger partial charge in [-0.3, -0.25) is 9.69 Å². The highest BCUT2D eigenvalue weighted by Gasteiger charge is 2.36. The number of carbonyl (C=O) groups excluding carboxylic acids is 1. The quantitative estimate of drug-likeness (QED) is 0.692. The van der Waals surface area contributed by atoms with Gasteiger partial charge in [-0.25, -0.2) is 0 Å². The molecule has 1 fully saturated rings. The normalized spacial score (nSPS) is 20.1. The van der Waals surface area contributed by atoms with Crippen molar-refractivity contribution in [3.63, 3.8) is 0 Å². The van der Waals surface area contributed by atoms with Crippen molar-refractivity contribution < 1.29 is 9.53 Å². The van der Waals surface area contributed by atoms with E-state index in [1.165, 1.54) is 16.0 Å². The van der Waals surface area contributed by atoms with E-state index in [-0.39, 0.29) is 5.91 Å². The van der Waals surface area contributed by atoms with E-state index in [2.05, 4.69) is 53.6 Å². The van der Waals surface area contributed by atoms with Gasteiger partial charge in [0.15, 0.2) is 0 Å². The van der Waals surface area contributed by atoms with E-state index in [1.807, 2.05) is 16.2 Å². The highest BCUT2D eigenvalue weighted by molar-refractivity contribution is 7.09. The lowest BCUT2D eigenvalue weighted by Gasteiger charge is -2.28. The number of hydrogen-bond donors (Lipinski definition) is 0. The van der Waals surface area contributed by atoms with Gasteiger partial charge in [0.2, 0.25) is 5.91 Å². The average molecular weight is 387 g/mol. The van der Waals surface area contributed by atoms with Crippen molar-refractivity contribution in [2.24, 2.45) is 5.92 Å². The van der Waals surface area contributed by atoms with E-state index in [4.69, 9.17) is 4.74 Å². The van der Waals surface area contributed by atoms with Crippen molar-refractivity contribution in [2.75, 3.05) is 39.9 Å². The monoisotopic (exact) mass is 386 g/mol. The Bertz CT molecular complexity index is 732. The number of nitrogens with zero attached hydrogens (tertiary/aromatic N) is 2. The molecule has 3 rings (SSSR count). The van der Waals surface area contributed by atoms with E-state index in [9.17, 15) is 4.79 Å². The number of likely N-dealkylation sites (tertiary alicyclic amines) is 1. The van der Waals surface area contributed by atoms with Gasteiger partial charge in [-0.05, 0) is 35.4 Å². The molecule has 0 N–H and O–H groups in total. The standard InChI is InChI=1S/C22H30N2O2S/c1-17-7-4-5-9-21(17)22-16-23(15-20-8-6-12-27-20)13-19(22)14-24(18(2)25)10-11-26-3/h4-9,12,19,22H,10-11,13-16H2,1-3H3/t19-,22+/m1/s1. The molecule has 1 aliphatic rings. The number of amides is 1. The predicted molar refractivity (Wildman–Crippen MR) is 111 cm³/mol. The minimum Gasteiger partial charge on any atom is -0.383 e. The highest BCUT2D eigenvalue weighted by atomic mass is 32.1. The Morgan fingerprint density at radius 1 is 1.26 bits per heavy atom. The van der Waals surface area contributed by atoms with Crippen LogP contribution in [-0.4, -0.2) is 55.6 Å². The molecule has 0 spiro atoms. The largest absolute Gasteiger partial charge is 0.383 e. The van der Waals surface area contributed by atoms with Crippen LogP contribution in [0.4, 0.5) is 0 Å². The van der Waals surface area contributed by atoms with Gasteiger partial charge < -0.3 is 9.64 Å². The number of ether oxygens (including phenoxy) is 1. The van der Waals surface area contributed by atoms with Crippen molar-refractivity contribution >= 4 is 17.2 Å². The molecule has 5 heteroatoms. The summed E-state index contributed by atoms with van der Waals surface area (Å²) in [7, 11) is 1.69. The molecule has 1 aliphatic heterocycles. The average Bonchev–Trinajstić information content (AvgIpc) is 3.29. The Morgan fingerprint density at radius 2 is 2.07 bits per heavy atom. The second-order valence-corrected chi connectivity index (χ2v) is 8.49. The molecular formula is C22H30N2O2S. The van der Waals surface area contributed by atoms with Crippen LogP contribution in [-0.2, 0) is 16.1 Å². The summed E-state index contributed by atoms with van der Waals surface area (Å²) in [5, 5.41) is 2.14. The van der Waals surface area contributed by atoms with E-state index >= 15 is 0 Å². The van der Waals surface area contributed by atoms with Gasteiger partial charge >= 0.3 is 0 Å². The van der Waals surface area contributed by atoms with Crippen LogP contribution in [0.25, 0.3) is 0 Å². The summed E-state index contributed by atoms with van der Waals surface area (Å²) in [5.41, 5.74) is 2.77. The highest BCUT2D eigenvalue weighted by Crippen LogP contribution is 2.36. The fourth-order valence-electron chi connectivity index (χ4n) is 4.11. The molecular weight excluding hydrogens is 356 g/mol. The summed E-state index contributed by atoms with van der Waals surface area (Å²) >= 11 is 1.82. The Balaban J connectivity index is 1.78. The van der Waals surface area contributed by atoms with Gasteiger partial charge in [0.05, 0.1) is 6.61 Å². The molecule has 1 saturated heterocycles. The lowest BCUT2D eigenvalue weighted by Crippen LogP contribution is -2.38. The maximum atomic E-state index is 12.1. The van der Waals surface area contributed by atoms with E-state index < -0.39 is 0 Å². The minimum atomic E-state index is 0.132. The molecule has 27 heavy (non-hydrogen) atoms. The Hall–Kier alpha value is -1.69. The third kappa shape index (κ3) is 5.18. The lowest BCUT2D eigenvalue weighted by atomic mass is 9.86. The molecule has 2 aromatic rings. The lowest BCUT2D eigenvalue weighted by molar-refractivity contribution is -0.130. The molecule has 0 unspecified atom stereocenters. The fraction of sp³-hybridized carbons (Fsp3) is 0.500. The topological polar surface area (TPSA) is 32.8 Å². The molecule has 4 nitrogen and oxygen atoms in total. The maximum Gasteiger partial charge on any atom is 0.219 e. The third-order valence-corrected chi connectivity index (χ3v) is 6.39. The molecule has 1 aromatic heterocycles. The molecule has 2 atom stereocenters. The van der Waals surface area contributed by atoms with Crippen LogP contribution < -0.4 is 0 Å². The van der Waals surface area contributed by atoms with Gasteiger partial charge in [0.25, 0.3) is 0 Å². The first-order valence-corrected chi connectivity index (χ1v) is 10.5. The van der Waals surface area contributed by atoms with Gasteiger partial charge in [0, 0.05) is 57.6 Å². The second-order valence-electron chi connectivity index (χ2n) is 7.45. The summed E-state index contributed by atoms with van der Waals surface area (Å²) in [6, 6.07) is 13.0. The number of methoxy groups -OCH3 is 1. The van der Waals surface area contributed by atoms with E-state index in [0.717, 1.165) is 26.2 Å². The number of aryl methyl sites for hydroxylation is 1. The summed E-state index contributed by atoms with van der Waals surface area (Å²) in [4.78, 5) is 18.0. The molecule has 1 aromatic carbocycles. The zero-order valence-electron chi connectivity index (χ0n) is 16.6. The molecule has 146 valence electrons. The van der Waals surface area contributed by atoms with Crippen molar-refractivity contribution in [3.05, 3.63) is 57.8 Å². The second kappa shape index (κ2) is 9.49. The fourth-order valence-corrected chi connectivity index (χ4v) is 4.86. The number of thiophene rings is 1. The van der Waals surface area contributed by atoms with Crippen molar-refractivity contribution in [2.45, 2.75) is 26.3 Å². The van der Waals surface area contributed by atoms with Crippen molar-refractivity contribution in [1.29, 1.82) is 0 Å². The Kier molecular flexibility index (Phi) is 7.05. The summed E-state index contributed by atoms with van der Waals surface area (Å²) < 4.78 is 5.21. The predicted octanol–water partition coefficient (Wildman–Crippen LogP) is 3.77. The first-order chi connectivity index (χ1) is 13.1. The SMILES string of the molecule is COCCN(C[C@H]1CN(Cc2cccs2)C[C@@H]1c1ccccc1C)C(C)=O. The Labute approximate surface area is 166 Å². The molecule has 2 heterocycles. The molecule has 1 amide bonds. The number of hydrogen-bond acceptors (Lipinski definition) is 4. The van der Waals surface area contributed by atoms with Gasteiger partial charge in [0.1, 0.15) is 0 Å². The van der Waals surface area contributed by atoms with E-state index in [0.29, 0.717) is 25.0 Å². The van der Waals surface area contributed by atoms with Gasteiger partial charge in [-0.15, -0.1) is 11.3 Å². The van der Waals surface area contributed by atoms with Crippen LogP contribution in [0, 0.1) is 12.8 Å². The molecule has 0 radical (unpaired) electrons. The first-order valence-electron chi connectivity index (χ1n) is 9.63. The molecule has 0 saturated carbocycles. The van der Waals surface area contributed by atoms with Crippen LogP contribution in [0.15, 0.2) is 41.8 Å². The number of rotatable bonds is 8. The van der Waals surface area contributed by atoms with Crippen LogP contribution >= 0.6 is 11.3 Å². The van der Waals surface area contributed by atoms with Gasteiger partial charge in [-0.1, -0.05) is 30.3 Å². The smallest absolute Gasteiger partial charge is 0.219 e. The third-order valence-electron chi connectivity index (χ3n) is 5.53. The molecule has 0 aliphatic carbocycles. The summed E-state index contributed by atoms with van der Waals surface area (Å²) in [6.07, 6.45) is 0. The summed E-state index contributed by atoms with van der Waals surface area (Å²) in [6.45, 7) is 8.96. The van der Waals surface area contributed by atoms with Crippen molar-refractivity contribution in [1.82, 2.24) is 9.80 Å². The number of carbonyl (C=O) groups is 1.